The van der Waals surface area contributed by atoms with Crippen LogP contribution in [0.4, 0.5) is 0 Å². The van der Waals surface area contributed by atoms with E-state index in [1.807, 2.05) is 30.3 Å². The number of benzene rings is 3. The van der Waals surface area contributed by atoms with Crippen LogP contribution in [0.25, 0.3) is 5.76 Å². The van der Waals surface area contributed by atoms with Crippen molar-refractivity contribution >= 4 is 5.76 Å². The van der Waals surface area contributed by atoms with Crippen LogP contribution < -0.4 is 0 Å². The quantitative estimate of drug-likeness (QED) is 0.553. The van der Waals surface area contributed by atoms with Gasteiger partial charge in [-0.3, -0.25) is 0 Å². The van der Waals surface area contributed by atoms with E-state index in [2.05, 4.69) is 72.8 Å². The highest BCUT2D eigenvalue weighted by Crippen LogP contribution is 2.46. The molecule has 1 aliphatic heterocycles. The first-order valence-corrected chi connectivity index (χ1v) is 9.57. The van der Waals surface area contributed by atoms with E-state index in [0.717, 1.165) is 28.9 Å². The van der Waals surface area contributed by atoms with E-state index in [1.165, 1.54) is 5.57 Å². The summed E-state index contributed by atoms with van der Waals surface area (Å²) in [6.07, 6.45) is 5.03. The Bertz CT molecular complexity index is 918. The Kier molecular flexibility index (Phi) is 5.41. The van der Waals surface area contributed by atoms with E-state index in [4.69, 9.17) is 9.47 Å². The number of ether oxygens (including phenoxy) is 2. The summed E-state index contributed by atoms with van der Waals surface area (Å²) in [5.41, 5.74) is 3.99. The smallest absolute Gasteiger partial charge is 0.163 e. The van der Waals surface area contributed by atoms with Crippen LogP contribution >= 0.6 is 0 Å². The van der Waals surface area contributed by atoms with Gasteiger partial charge in [0.2, 0.25) is 0 Å². The second-order valence-electron chi connectivity index (χ2n) is 6.95. The molecule has 0 amide bonds. The number of hydrogen-bond acceptors (Lipinski definition) is 2. The Morgan fingerprint density at radius 3 is 1.89 bits per heavy atom. The molecule has 140 valence electrons. The lowest BCUT2D eigenvalue weighted by molar-refractivity contribution is 0.0713. The molecule has 0 saturated heterocycles. The van der Waals surface area contributed by atoms with E-state index in [-0.39, 0.29) is 0 Å². The van der Waals surface area contributed by atoms with Crippen LogP contribution in [-0.4, -0.2) is 13.7 Å². The van der Waals surface area contributed by atoms with Crippen molar-refractivity contribution in [1.29, 1.82) is 0 Å². The average Bonchev–Trinajstić information content (AvgIpc) is 2.79. The molecule has 2 heteroatoms. The van der Waals surface area contributed by atoms with Gasteiger partial charge in [0.15, 0.2) is 5.60 Å². The van der Waals surface area contributed by atoms with E-state index in [9.17, 15) is 0 Å². The predicted molar refractivity (Wildman–Crippen MR) is 114 cm³/mol. The molecule has 0 radical (unpaired) electrons. The van der Waals surface area contributed by atoms with Gasteiger partial charge in [-0.2, -0.15) is 0 Å². The topological polar surface area (TPSA) is 18.5 Å². The van der Waals surface area contributed by atoms with E-state index in [0.29, 0.717) is 6.61 Å². The minimum Gasteiger partial charge on any atom is -0.477 e. The van der Waals surface area contributed by atoms with Crippen molar-refractivity contribution in [3.8, 4) is 0 Å². The lowest BCUT2D eigenvalue weighted by atomic mass is 9.79. The van der Waals surface area contributed by atoms with Crippen molar-refractivity contribution in [2.45, 2.75) is 12.0 Å². The van der Waals surface area contributed by atoms with Crippen LogP contribution in [0, 0.1) is 0 Å². The molecule has 0 aromatic heterocycles. The number of allylic oxidation sites excluding steroid dienone is 1. The van der Waals surface area contributed by atoms with Gasteiger partial charge in [-0.1, -0.05) is 97.1 Å². The fourth-order valence-electron chi connectivity index (χ4n) is 3.73. The second kappa shape index (κ2) is 8.28. The third kappa shape index (κ3) is 3.64. The lowest BCUT2D eigenvalue weighted by Gasteiger charge is -2.40. The molecule has 3 aromatic rings. The molecule has 0 spiro atoms. The summed E-state index contributed by atoms with van der Waals surface area (Å²) in [7, 11) is 1.72. The SMILES string of the molecule is COC/C=C1\C=C(c2ccccc2)OC(c2ccccc2)(c2ccccc2)C1. The van der Waals surface area contributed by atoms with Gasteiger partial charge in [-0.15, -0.1) is 0 Å². The van der Waals surface area contributed by atoms with Gasteiger partial charge in [-0.25, -0.2) is 0 Å². The molecule has 1 aliphatic rings. The summed E-state index contributed by atoms with van der Waals surface area (Å²) < 4.78 is 12.1. The molecule has 0 aliphatic carbocycles. The third-order valence-electron chi connectivity index (χ3n) is 5.10. The van der Waals surface area contributed by atoms with Crippen LogP contribution in [0.3, 0.4) is 0 Å². The molecular formula is C26H24O2. The first kappa shape index (κ1) is 18.3. The van der Waals surface area contributed by atoms with Crippen molar-refractivity contribution in [2.24, 2.45) is 0 Å². The maximum Gasteiger partial charge on any atom is 0.163 e. The van der Waals surface area contributed by atoms with Crippen LogP contribution in [0.5, 0.6) is 0 Å². The Morgan fingerprint density at radius 1 is 0.821 bits per heavy atom. The third-order valence-corrected chi connectivity index (χ3v) is 5.10. The fourth-order valence-corrected chi connectivity index (χ4v) is 3.73. The van der Waals surface area contributed by atoms with E-state index < -0.39 is 5.60 Å². The minimum absolute atomic E-state index is 0.577. The second-order valence-corrected chi connectivity index (χ2v) is 6.95. The zero-order valence-corrected chi connectivity index (χ0v) is 16.0. The molecule has 4 rings (SSSR count). The molecular weight excluding hydrogens is 344 g/mol. The first-order chi connectivity index (χ1) is 13.8. The summed E-state index contributed by atoms with van der Waals surface area (Å²) in [5.74, 6) is 0.877. The summed E-state index contributed by atoms with van der Waals surface area (Å²) in [5, 5.41) is 0. The highest BCUT2D eigenvalue weighted by molar-refractivity contribution is 5.66. The van der Waals surface area contributed by atoms with Gasteiger partial charge in [0.1, 0.15) is 5.76 Å². The first-order valence-electron chi connectivity index (χ1n) is 9.57. The van der Waals surface area contributed by atoms with Gasteiger partial charge in [-0.05, 0) is 11.6 Å². The number of methoxy groups -OCH3 is 1. The van der Waals surface area contributed by atoms with Crippen LogP contribution in [0.2, 0.25) is 0 Å². The molecule has 0 atom stereocenters. The molecule has 0 fully saturated rings. The van der Waals surface area contributed by atoms with Gasteiger partial charge in [0, 0.05) is 30.2 Å². The maximum atomic E-state index is 6.82. The molecule has 0 N–H and O–H groups in total. The zero-order chi connectivity index (χ0) is 19.2. The summed E-state index contributed by atoms with van der Waals surface area (Å²) in [6.45, 7) is 0.577. The van der Waals surface area contributed by atoms with Crippen LogP contribution in [0.15, 0.2) is 109 Å². The zero-order valence-electron chi connectivity index (χ0n) is 16.0. The van der Waals surface area contributed by atoms with Gasteiger partial charge in [0.25, 0.3) is 0 Å². The number of rotatable bonds is 5. The molecule has 28 heavy (non-hydrogen) atoms. The Balaban J connectivity index is 1.89. The van der Waals surface area contributed by atoms with Gasteiger partial charge in [0.05, 0.1) is 6.61 Å². The highest BCUT2D eigenvalue weighted by Gasteiger charge is 2.40. The van der Waals surface area contributed by atoms with Crippen molar-refractivity contribution in [2.75, 3.05) is 13.7 Å². The summed E-state index contributed by atoms with van der Waals surface area (Å²) in [4.78, 5) is 0. The van der Waals surface area contributed by atoms with Crippen LogP contribution in [-0.2, 0) is 15.1 Å². The minimum atomic E-state index is -0.581. The van der Waals surface area contributed by atoms with Crippen molar-refractivity contribution in [3.05, 3.63) is 125 Å². The molecule has 0 unspecified atom stereocenters. The van der Waals surface area contributed by atoms with Gasteiger partial charge < -0.3 is 9.47 Å². The molecule has 1 heterocycles. The Morgan fingerprint density at radius 2 is 1.36 bits per heavy atom. The van der Waals surface area contributed by atoms with Crippen LogP contribution in [0.1, 0.15) is 23.1 Å². The van der Waals surface area contributed by atoms with Crippen molar-refractivity contribution < 1.29 is 9.47 Å². The fraction of sp³-hybridized carbons (Fsp3) is 0.154. The maximum absolute atomic E-state index is 6.82. The van der Waals surface area contributed by atoms with Crippen molar-refractivity contribution in [3.63, 3.8) is 0 Å². The molecule has 0 saturated carbocycles. The van der Waals surface area contributed by atoms with Crippen molar-refractivity contribution in [1.82, 2.24) is 0 Å². The number of hydrogen-bond donors (Lipinski definition) is 0. The predicted octanol–water partition coefficient (Wildman–Crippen LogP) is 5.96. The monoisotopic (exact) mass is 368 g/mol. The summed E-state index contributed by atoms with van der Waals surface area (Å²) in [6, 6.07) is 31.2. The lowest BCUT2D eigenvalue weighted by Crippen LogP contribution is -2.33. The average molecular weight is 368 g/mol. The van der Waals surface area contributed by atoms with Gasteiger partial charge >= 0.3 is 0 Å². The van der Waals surface area contributed by atoms with E-state index >= 15 is 0 Å². The molecule has 0 bridgehead atoms. The Labute approximate surface area is 166 Å². The molecule has 3 aromatic carbocycles. The standard InChI is InChI=1S/C26H24O2/c1-27-18-17-21-19-25(22-11-5-2-6-12-22)28-26(20-21,23-13-7-3-8-14-23)24-15-9-4-10-16-24/h2-17,19H,18,20H2,1H3/b21-17+. The van der Waals surface area contributed by atoms with E-state index in [1.54, 1.807) is 7.11 Å². The molecule has 2 nitrogen and oxygen atoms in total. The summed E-state index contributed by atoms with van der Waals surface area (Å²) >= 11 is 0. The largest absolute Gasteiger partial charge is 0.477 e. The normalized spacial score (nSPS) is 17.0. The Hall–Kier alpha value is -3.10. The highest BCUT2D eigenvalue weighted by atomic mass is 16.5.